The number of nitrogens with zero attached hydrogens (tertiary/aromatic N) is 1. The molecule has 0 aliphatic heterocycles. The molecule has 1 aromatic carbocycles. The molecule has 0 atom stereocenters. The molecule has 0 spiro atoms. The second kappa shape index (κ2) is 6.21. The van der Waals surface area contributed by atoms with E-state index < -0.39 is 0 Å². The van der Waals surface area contributed by atoms with E-state index >= 15 is 0 Å². The number of carbonyl (C=O) groups excluding carboxylic acids is 1. The van der Waals surface area contributed by atoms with Crippen LogP contribution in [0.15, 0.2) is 36.4 Å². The van der Waals surface area contributed by atoms with Crippen LogP contribution in [0.2, 0.25) is 0 Å². The Morgan fingerprint density at radius 2 is 2.18 bits per heavy atom. The monoisotopic (exact) mass is 232 g/mol. The largest absolute Gasteiger partial charge is 0.366 e. The molecular formula is C14H20N2O. The first-order valence-corrected chi connectivity index (χ1v) is 5.78. The number of rotatable bonds is 6. The van der Waals surface area contributed by atoms with Crippen LogP contribution in [0, 0.1) is 0 Å². The standard InChI is InChI=1S/C14H20N2O/c1-4-16(9-11(2)3)10-12-6-5-7-13(8-12)14(15)17/h5-8H,2,4,9-10H2,1,3H3,(H2,15,17). The van der Waals surface area contributed by atoms with Crippen LogP contribution in [0.5, 0.6) is 0 Å². The quantitative estimate of drug-likeness (QED) is 0.764. The van der Waals surface area contributed by atoms with Crippen molar-refractivity contribution in [2.45, 2.75) is 20.4 Å². The van der Waals surface area contributed by atoms with E-state index in [0.717, 1.165) is 30.8 Å². The van der Waals surface area contributed by atoms with Gasteiger partial charge in [0.15, 0.2) is 0 Å². The van der Waals surface area contributed by atoms with Gasteiger partial charge in [0.2, 0.25) is 5.91 Å². The van der Waals surface area contributed by atoms with E-state index in [9.17, 15) is 4.79 Å². The van der Waals surface area contributed by atoms with Crippen LogP contribution >= 0.6 is 0 Å². The minimum atomic E-state index is -0.380. The number of nitrogens with two attached hydrogens (primary N) is 1. The second-order valence-corrected chi connectivity index (χ2v) is 4.33. The summed E-state index contributed by atoms with van der Waals surface area (Å²) in [6.07, 6.45) is 0. The first kappa shape index (κ1) is 13.5. The zero-order valence-corrected chi connectivity index (χ0v) is 10.6. The summed E-state index contributed by atoms with van der Waals surface area (Å²) in [6, 6.07) is 7.46. The smallest absolute Gasteiger partial charge is 0.248 e. The predicted molar refractivity (Wildman–Crippen MR) is 70.7 cm³/mol. The summed E-state index contributed by atoms with van der Waals surface area (Å²) in [5.74, 6) is -0.380. The number of benzene rings is 1. The highest BCUT2D eigenvalue weighted by Crippen LogP contribution is 2.09. The van der Waals surface area contributed by atoms with Crippen LogP contribution in [-0.4, -0.2) is 23.9 Å². The molecule has 1 aromatic rings. The third-order valence-electron chi connectivity index (χ3n) is 2.56. The van der Waals surface area contributed by atoms with Crippen molar-refractivity contribution in [1.29, 1.82) is 0 Å². The maximum Gasteiger partial charge on any atom is 0.248 e. The number of likely N-dealkylation sites (N-methyl/N-ethyl adjacent to an activating group) is 1. The second-order valence-electron chi connectivity index (χ2n) is 4.33. The average Bonchev–Trinajstić information content (AvgIpc) is 2.28. The molecule has 3 nitrogen and oxygen atoms in total. The molecule has 0 saturated heterocycles. The molecule has 0 saturated carbocycles. The Hall–Kier alpha value is -1.61. The molecule has 3 heteroatoms. The van der Waals surface area contributed by atoms with Crippen LogP contribution in [0.3, 0.4) is 0 Å². The summed E-state index contributed by atoms with van der Waals surface area (Å²) in [5, 5.41) is 0. The highest BCUT2D eigenvalue weighted by Gasteiger charge is 2.06. The molecule has 1 amide bonds. The van der Waals surface area contributed by atoms with Gasteiger partial charge in [0, 0.05) is 18.7 Å². The van der Waals surface area contributed by atoms with Crippen molar-refractivity contribution < 1.29 is 4.79 Å². The van der Waals surface area contributed by atoms with Crippen LogP contribution in [0.1, 0.15) is 29.8 Å². The van der Waals surface area contributed by atoms with Gasteiger partial charge in [-0.3, -0.25) is 9.69 Å². The van der Waals surface area contributed by atoms with Gasteiger partial charge < -0.3 is 5.73 Å². The highest BCUT2D eigenvalue weighted by molar-refractivity contribution is 5.92. The van der Waals surface area contributed by atoms with E-state index in [4.69, 9.17) is 5.73 Å². The van der Waals surface area contributed by atoms with Crippen LogP contribution in [0.4, 0.5) is 0 Å². The fourth-order valence-electron chi connectivity index (χ4n) is 1.74. The summed E-state index contributed by atoms with van der Waals surface area (Å²) in [7, 11) is 0. The number of hydrogen-bond acceptors (Lipinski definition) is 2. The Labute approximate surface area is 103 Å². The molecule has 0 heterocycles. The molecule has 0 unspecified atom stereocenters. The average molecular weight is 232 g/mol. The van der Waals surface area contributed by atoms with E-state index in [-0.39, 0.29) is 5.91 Å². The predicted octanol–water partition coefficient (Wildman–Crippen LogP) is 2.18. The highest BCUT2D eigenvalue weighted by atomic mass is 16.1. The van der Waals surface area contributed by atoms with E-state index in [2.05, 4.69) is 18.4 Å². The number of hydrogen-bond donors (Lipinski definition) is 1. The molecule has 0 bridgehead atoms. The lowest BCUT2D eigenvalue weighted by atomic mass is 10.1. The first-order valence-electron chi connectivity index (χ1n) is 5.78. The van der Waals surface area contributed by atoms with Gasteiger partial charge in [0.05, 0.1) is 0 Å². The number of amides is 1. The van der Waals surface area contributed by atoms with Crippen molar-refractivity contribution in [3.63, 3.8) is 0 Å². The SMILES string of the molecule is C=C(C)CN(CC)Cc1cccc(C(N)=O)c1. The minimum Gasteiger partial charge on any atom is -0.366 e. The van der Waals surface area contributed by atoms with E-state index in [0.29, 0.717) is 5.56 Å². The third-order valence-corrected chi connectivity index (χ3v) is 2.56. The summed E-state index contributed by atoms with van der Waals surface area (Å²) in [5.41, 5.74) is 8.06. The Kier molecular flexibility index (Phi) is 4.91. The van der Waals surface area contributed by atoms with Crippen molar-refractivity contribution in [2.24, 2.45) is 5.73 Å². The van der Waals surface area contributed by atoms with Crippen LogP contribution in [-0.2, 0) is 6.54 Å². The molecule has 0 fully saturated rings. The maximum absolute atomic E-state index is 11.1. The molecule has 0 radical (unpaired) electrons. The molecule has 1 rings (SSSR count). The lowest BCUT2D eigenvalue weighted by Crippen LogP contribution is -2.24. The molecule has 17 heavy (non-hydrogen) atoms. The number of carbonyl (C=O) groups is 1. The Bertz CT molecular complexity index is 412. The summed E-state index contributed by atoms with van der Waals surface area (Å²) < 4.78 is 0. The lowest BCUT2D eigenvalue weighted by Gasteiger charge is -2.20. The first-order chi connectivity index (χ1) is 8.02. The van der Waals surface area contributed by atoms with Gasteiger partial charge in [0.1, 0.15) is 0 Å². The van der Waals surface area contributed by atoms with Crippen LogP contribution < -0.4 is 5.73 Å². The van der Waals surface area contributed by atoms with Gasteiger partial charge in [-0.05, 0) is 31.2 Å². The van der Waals surface area contributed by atoms with Crippen LogP contribution in [0.25, 0.3) is 0 Å². The molecule has 0 aliphatic carbocycles. The van der Waals surface area contributed by atoms with Crippen molar-refractivity contribution in [3.8, 4) is 0 Å². The Morgan fingerprint density at radius 1 is 1.47 bits per heavy atom. The molecule has 0 aliphatic rings. The zero-order chi connectivity index (χ0) is 12.8. The Morgan fingerprint density at radius 3 is 2.71 bits per heavy atom. The molecule has 0 aromatic heterocycles. The third kappa shape index (κ3) is 4.41. The van der Waals surface area contributed by atoms with Gasteiger partial charge in [0.25, 0.3) is 0 Å². The normalized spacial score (nSPS) is 10.5. The van der Waals surface area contributed by atoms with Gasteiger partial charge in [-0.25, -0.2) is 0 Å². The fourth-order valence-corrected chi connectivity index (χ4v) is 1.74. The lowest BCUT2D eigenvalue weighted by molar-refractivity contribution is 0.1000. The van der Waals surface area contributed by atoms with E-state index in [1.54, 1.807) is 6.07 Å². The van der Waals surface area contributed by atoms with Crippen molar-refractivity contribution in [1.82, 2.24) is 4.90 Å². The Balaban J connectivity index is 2.75. The summed E-state index contributed by atoms with van der Waals surface area (Å²) in [6.45, 7) is 10.7. The van der Waals surface area contributed by atoms with Crippen molar-refractivity contribution in [2.75, 3.05) is 13.1 Å². The minimum absolute atomic E-state index is 0.380. The number of primary amides is 1. The van der Waals surface area contributed by atoms with Gasteiger partial charge in [-0.2, -0.15) is 0 Å². The van der Waals surface area contributed by atoms with Crippen molar-refractivity contribution in [3.05, 3.63) is 47.5 Å². The van der Waals surface area contributed by atoms with Gasteiger partial charge >= 0.3 is 0 Å². The van der Waals surface area contributed by atoms with E-state index in [1.165, 1.54) is 0 Å². The maximum atomic E-state index is 11.1. The fraction of sp³-hybridized carbons (Fsp3) is 0.357. The molecule has 2 N–H and O–H groups in total. The topological polar surface area (TPSA) is 46.3 Å². The van der Waals surface area contributed by atoms with E-state index in [1.807, 2.05) is 25.1 Å². The molecule has 92 valence electrons. The van der Waals surface area contributed by atoms with Gasteiger partial charge in [-0.1, -0.05) is 31.2 Å². The van der Waals surface area contributed by atoms with Crippen molar-refractivity contribution >= 4 is 5.91 Å². The zero-order valence-electron chi connectivity index (χ0n) is 10.6. The summed E-state index contributed by atoms with van der Waals surface area (Å²) >= 11 is 0. The van der Waals surface area contributed by atoms with Gasteiger partial charge in [-0.15, -0.1) is 0 Å². The summed E-state index contributed by atoms with van der Waals surface area (Å²) in [4.78, 5) is 13.3. The molecular weight excluding hydrogens is 212 g/mol.